The highest BCUT2D eigenvalue weighted by Crippen LogP contribution is 2.40. The average molecular weight is 538 g/mol. The van der Waals surface area contributed by atoms with Crippen LogP contribution in [0.5, 0.6) is 0 Å². The molecule has 15 heteroatoms. The van der Waals surface area contributed by atoms with Crippen LogP contribution in [0.15, 0.2) is 34.5 Å². The van der Waals surface area contributed by atoms with E-state index in [1.54, 1.807) is 20.8 Å². The molecule has 3 amide bonds. The van der Waals surface area contributed by atoms with Crippen LogP contribution in [0.3, 0.4) is 0 Å². The SMILES string of the molecule is C=CC1=C(C(=O)O)N2C(=O)C(NC(=O)C(=NOCC(=O)OC(C)(C)C)c3csc(NC=O)n3)[C@@H]2SC1. The van der Waals surface area contributed by atoms with E-state index in [9.17, 15) is 29.1 Å². The van der Waals surface area contributed by atoms with Gasteiger partial charge in [-0.05, 0) is 26.3 Å². The highest BCUT2D eigenvalue weighted by molar-refractivity contribution is 8.00. The minimum atomic E-state index is -1.27. The quantitative estimate of drug-likeness (QED) is 0.127. The number of amides is 3. The van der Waals surface area contributed by atoms with Crippen LogP contribution in [0.1, 0.15) is 26.5 Å². The number of anilines is 1. The molecule has 3 N–H and O–H groups in total. The molecule has 3 heterocycles. The summed E-state index contributed by atoms with van der Waals surface area (Å²) in [5.74, 6) is -3.17. The second kappa shape index (κ2) is 10.9. The molecule has 0 spiro atoms. The maximum Gasteiger partial charge on any atom is 0.352 e. The first-order valence-electron chi connectivity index (χ1n) is 10.4. The van der Waals surface area contributed by atoms with Crippen molar-refractivity contribution in [2.24, 2.45) is 5.16 Å². The standard InChI is InChI=1S/C21H23N5O8S2/c1-5-10-7-35-18-14(17(30)26(18)15(10)19(31)32)24-16(29)13(11-8-36-20(23-11)22-9-27)25-33-6-12(28)34-21(2,3)4/h5,8-9,14,18H,1,6-7H2,2-4H3,(H,24,29)(H,31,32)(H,22,23,27)/t14?,18-/m0/s1. The molecule has 0 aromatic carbocycles. The number of aliphatic carboxylic acids is 1. The number of hydrogen-bond donors (Lipinski definition) is 3. The van der Waals surface area contributed by atoms with Crippen molar-refractivity contribution in [3.8, 4) is 0 Å². The maximum absolute atomic E-state index is 13.1. The van der Waals surface area contributed by atoms with Crippen LogP contribution in [0.2, 0.25) is 0 Å². The predicted molar refractivity (Wildman–Crippen MR) is 130 cm³/mol. The zero-order chi connectivity index (χ0) is 26.6. The van der Waals surface area contributed by atoms with Gasteiger partial charge in [0.1, 0.15) is 28.4 Å². The van der Waals surface area contributed by atoms with Gasteiger partial charge in [-0.2, -0.15) is 0 Å². The molecule has 1 aromatic heterocycles. The molecule has 36 heavy (non-hydrogen) atoms. The molecule has 0 bridgehead atoms. The molecule has 0 saturated carbocycles. The van der Waals surface area contributed by atoms with Crippen LogP contribution < -0.4 is 10.6 Å². The summed E-state index contributed by atoms with van der Waals surface area (Å²) in [6, 6.07) is -1.04. The summed E-state index contributed by atoms with van der Waals surface area (Å²) in [5.41, 5.74) is -0.870. The van der Waals surface area contributed by atoms with Crippen LogP contribution in [-0.4, -0.2) is 80.2 Å². The van der Waals surface area contributed by atoms with E-state index < -0.39 is 47.4 Å². The van der Waals surface area contributed by atoms with Gasteiger partial charge in [0.05, 0.1) is 0 Å². The number of nitrogens with one attached hydrogen (secondary N) is 2. The number of allylic oxidation sites excluding steroid dienone is 1. The number of β-lactam (4-membered cyclic amide) rings is 1. The van der Waals surface area contributed by atoms with Crippen LogP contribution in [0, 0.1) is 0 Å². The number of fused-ring (bicyclic) bond motifs is 1. The van der Waals surface area contributed by atoms with E-state index in [-0.39, 0.29) is 22.2 Å². The molecule has 192 valence electrons. The van der Waals surface area contributed by atoms with E-state index in [1.165, 1.54) is 23.2 Å². The number of nitrogens with zero attached hydrogens (tertiary/aromatic N) is 3. The first-order valence-corrected chi connectivity index (χ1v) is 12.3. The Morgan fingerprint density at radius 3 is 2.72 bits per heavy atom. The Bertz CT molecular complexity index is 1170. The minimum absolute atomic E-state index is 0.0195. The number of rotatable bonds is 10. The lowest BCUT2D eigenvalue weighted by molar-refractivity contribution is -0.160. The molecule has 2 atom stereocenters. The molecule has 2 aliphatic rings. The fourth-order valence-corrected chi connectivity index (χ4v) is 5.23. The molecule has 3 rings (SSSR count). The van der Waals surface area contributed by atoms with Crippen molar-refractivity contribution in [2.75, 3.05) is 17.7 Å². The fourth-order valence-electron chi connectivity index (χ4n) is 3.23. The molecule has 1 aromatic rings. The smallest absolute Gasteiger partial charge is 0.352 e. The number of carbonyl (C=O) groups excluding carboxylic acids is 4. The van der Waals surface area contributed by atoms with Gasteiger partial charge in [-0.1, -0.05) is 17.8 Å². The van der Waals surface area contributed by atoms with Crippen LogP contribution >= 0.6 is 23.1 Å². The molecule has 1 saturated heterocycles. The van der Waals surface area contributed by atoms with Crippen LogP contribution in [0.25, 0.3) is 0 Å². The number of carbonyl (C=O) groups is 5. The Morgan fingerprint density at radius 2 is 2.11 bits per heavy atom. The molecule has 2 aliphatic heterocycles. The van der Waals surface area contributed by atoms with Gasteiger partial charge in [-0.3, -0.25) is 19.3 Å². The molecule has 1 fully saturated rings. The largest absolute Gasteiger partial charge is 0.477 e. The fraction of sp³-hybridized carbons (Fsp3) is 0.381. The Kier molecular flexibility index (Phi) is 8.14. The maximum atomic E-state index is 13.1. The zero-order valence-electron chi connectivity index (χ0n) is 19.5. The van der Waals surface area contributed by atoms with Crippen LogP contribution in [-0.2, 0) is 33.5 Å². The number of carboxylic acid groups (broad SMARTS) is 1. The van der Waals surface area contributed by atoms with E-state index in [2.05, 4.69) is 27.4 Å². The number of thioether (sulfide) groups is 1. The lowest BCUT2D eigenvalue weighted by atomic mass is 10.0. The zero-order valence-corrected chi connectivity index (χ0v) is 21.1. The predicted octanol–water partition coefficient (Wildman–Crippen LogP) is 0.698. The highest BCUT2D eigenvalue weighted by Gasteiger charge is 2.54. The summed E-state index contributed by atoms with van der Waals surface area (Å²) in [4.78, 5) is 70.4. The molecule has 1 unspecified atom stereocenters. The summed E-state index contributed by atoms with van der Waals surface area (Å²) in [6.07, 6.45) is 1.79. The first-order chi connectivity index (χ1) is 17.0. The monoisotopic (exact) mass is 537 g/mol. The number of thiazole rings is 1. The van der Waals surface area contributed by atoms with Crippen molar-refractivity contribution in [3.63, 3.8) is 0 Å². The Balaban J connectivity index is 1.78. The van der Waals surface area contributed by atoms with Crippen molar-refractivity contribution < 1.29 is 38.7 Å². The van der Waals surface area contributed by atoms with Gasteiger partial charge in [0, 0.05) is 11.1 Å². The minimum Gasteiger partial charge on any atom is -0.477 e. The van der Waals surface area contributed by atoms with Gasteiger partial charge in [0.15, 0.2) is 10.8 Å². The second-order valence-electron chi connectivity index (χ2n) is 8.34. The molecule has 13 nitrogen and oxygen atoms in total. The van der Waals surface area contributed by atoms with Crippen molar-refractivity contribution in [2.45, 2.75) is 37.8 Å². The third-order valence-corrected chi connectivity index (χ3v) is 6.71. The Morgan fingerprint density at radius 1 is 1.39 bits per heavy atom. The molecule has 0 radical (unpaired) electrons. The van der Waals surface area contributed by atoms with Gasteiger partial charge in [-0.25, -0.2) is 14.6 Å². The Hall–Kier alpha value is -3.72. The van der Waals surface area contributed by atoms with Gasteiger partial charge in [0.25, 0.3) is 11.8 Å². The molecular weight excluding hydrogens is 514 g/mol. The highest BCUT2D eigenvalue weighted by atomic mass is 32.2. The van der Waals surface area contributed by atoms with Crippen molar-refractivity contribution >= 4 is 64.1 Å². The summed E-state index contributed by atoms with van der Waals surface area (Å²) in [5, 5.41) is 19.1. The number of oxime groups is 1. The van der Waals surface area contributed by atoms with Crippen molar-refractivity contribution in [1.29, 1.82) is 0 Å². The van der Waals surface area contributed by atoms with E-state index in [4.69, 9.17) is 9.57 Å². The van der Waals surface area contributed by atoms with E-state index in [0.29, 0.717) is 17.7 Å². The Labute approximate surface area is 213 Å². The third-order valence-electron chi connectivity index (χ3n) is 4.64. The average Bonchev–Trinajstić information content (AvgIpc) is 3.26. The molecular formula is C21H23N5O8S2. The number of aromatic nitrogens is 1. The topological polar surface area (TPSA) is 177 Å². The van der Waals surface area contributed by atoms with Crippen molar-refractivity contribution in [1.82, 2.24) is 15.2 Å². The van der Waals surface area contributed by atoms with Gasteiger partial charge in [-0.15, -0.1) is 23.1 Å². The number of hydrogen-bond acceptors (Lipinski definition) is 11. The van der Waals surface area contributed by atoms with Crippen molar-refractivity contribution in [3.05, 3.63) is 35.0 Å². The lowest BCUT2D eigenvalue weighted by Gasteiger charge is -2.49. The molecule has 0 aliphatic carbocycles. The first kappa shape index (κ1) is 26.9. The summed E-state index contributed by atoms with van der Waals surface area (Å²) in [7, 11) is 0. The summed E-state index contributed by atoms with van der Waals surface area (Å²) < 4.78 is 5.12. The van der Waals surface area contributed by atoms with Crippen LogP contribution in [0.4, 0.5) is 5.13 Å². The van der Waals surface area contributed by atoms with E-state index >= 15 is 0 Å². The van der Waals surface area contributed by atoms with Gasteiger partial charge in [0.2, 0.25) is 13.0 Å². The van der Waals surface area contributed by atoms with E-state index in [0.717, 1.165) is 16.2 Å². The lowest BCUT2D eigenvalue weighted by Crippen LogP contribution is -2.71. The number of ether oxygens (including phenoxy) is 1. The second-order valence-corrected chi connectivity index (χ2v) is 10.3. The van der Waals surface area contributed by atoms with Gasteiger partial charge < -0.3 is 25.3 Å². The summed E-state index contributed by atoms with van der Waals surface area (Å²) >= 11 is 2.28. The number of carboxylic acids is 1. The normalized spacial score (nSPS) is 19.6. The number of esters is 1. The van der Waals surface area contributed by atoms with Gasteiger partial charge >= 0.3 is 11.9 Å². The third kappa shape index (κ3) is 5.91. The van der Waals surface area contributed by atoms with E-state index in [1.807, 2.05) is 0 Å². The summed E-state index contributed by atoms with van der Waals surface area (Å²) in [6.45, 7) is 8.02.